The number of hydrogen-bond acceptors (Lipinski definition) is 5. The maximum absolute atomic E-state index is 14.2. The summed E-state index contributed by atoms with van der Waals surface area (Å²) in [7, 11) is 0. The molecule has 14 heteroatoms. The number of aromatic nitrogens is 3. The number of hydrogen-bond donors (Lipinski definition) is 3. The Balaban J connectivity index is 1.37. The fraction of sp³-hybridized carbons (Fsp3) is 0.290. The summed E-state index contributed by atoms with van der Waals surface area (Å²) in [5, 5.41) is 17.1. The summed E-state index contributed by atoms with van der Waals surface area (Å²) < 4.78 is 85.0. The van der Waals surface area contributed by atoms with Gasteiger partial charge in [0.15, 0.2) is 5.69 Å². The fourth-order valence-corrected chi connectivity index (χ4v) is 6.45. The predicted octanol–water partition coefficient (Wildman–Crippen LogP) is 4.98. The van der Waals surface area contributed by atoms with Crippen LogP contribution in [0.4, 0.5) is 26.3 Å². The van der Waals surface area contributed by atoms with E-state index in [1.54, 1.807) is 13.0 Å². The Hall–Kier alpha value is -4.72. The molecule has 0 aliphatic heterocycles. The zero-order valence-electron chi connectivity index (χ0n) is 23.4. The number of fused-ring (bicyclic) bond motifs is 3. The number of carbonyl (C=O) groups is 2. The number of carbonyl (C=O) groups excluding carboxylic acids is 2. The second-order valence-corrected chi connectivity index (χ2v) is 11.3. The van der Waals surface area contributed by atoms with Crippen molar-refractivity contribution in [2.75, 3.05) is 0 Å². The van der Waals surface area contributed by atoms with Gasteiger partial charge in [0, 0.05) is 29.3 Å². The van der Waals surface area contributed by atoms with Crippen LogP contribution < -0.4 is 11.1 Å². The molecule has 0 radical (unpaired) electrons. The molecule has 8 nitrogen and oxygen atoms in total. The van der Waals surface area contributed by atoms with E-state index in [4.69, 9.17) is 5.73 Å². The van der Waals surface area contributed by atoms with Crippen molar-refractivity contribution in [3.63, 3.8) is 0 Å². The van der Waals surface area contributed by atoms with Gasteiger partial charge in [-0.2, -0.15) is 18.3 Å². The molecular formula is C31H25F6N5O3. The number of nitrogens with two attached hydrogens (primary N) is 1. The number of aliphatic hydroxyl groups excluding tert-OH is 1. The SMILES string of the molecule is C[C@H]1C2c3c(C(F)(F)F)nn(CC(=O)N[C@@H](Cc4cc(F)cc(F)c4)c4ncccc4-c4ccc(F)c(C(N)=O)c4)c3[C@H](O)[C@H]21. The first-order chi connectivity index (χ1) is 21.2. The summed E-state index contributed by atoms with van der Waals surface area (Å²) in [6.45, 7) is 1.03. The van der Waals surface area contributed by atoms with Gasteiger partial charge in [-0.3, -0.25) is 19.3 Å². The van der Waals surface area contributed by atoms with E-state index >= 15 is 0 Å². The average Bonchev–Trinajstić information content (AvgIpc) is 3.30. The molecule has 5 atom stereocenters. The molecule has 2 amide bonds. The number of pyridine rings is 1. The van der Waals surface area contributed by atoms with Crippen LogP contribution in [0.5, 0.6) is 0 Å². The lowest BCUT2D eigenvalue weighted by atomic mass is 9.94. The van der Waals surface area contributed by atoms with Crippen LogP contribution in [-0.4, -0.2) is 31.7 Å². The van der Waals surface area contributed by atoms with Crippen LogP contribution >= 0.6 is 0 Å². The Morgan fingerprint density at radius 3 is 2.47 bits per heavy atom. The molecule has 2 aliphatic rings. The van der Waals surface area contributed by atoms with Gasteiger partial charge in [-0.15, -0.1) is 0 Å². The first-order valence-electron chi connectivity index (χ1n) is 13.9. The Morgan fingerprint density at radius 2 is 1.80 bits per heavy atom. The van der Waals surface area contributed by atoms with Crippen LogP contribution in [0.15, 0.2) is 54.7 Å². The number of rotatable bonds is 8. The van der Waals surface area contributed by atoms with Crippen molar-refractivity contribution < 1.29 is 41.0 Å². The second kappa shape index (κ2) is 11.0. The molecule has 234 valence electrons. The van der Waals surface area contributed by atoms with E-state index < -0.39 is 77.2 Å². The monoisotopic (exact) mass is 629 g/mol. The molecule has 4 aromatic rings. The van der Waals surface area contributed by atoms with E-state index in [1.807, 2.05) is 0 Å². The van der Waals surface area contributed by atoms with Crippen LogP contribution in [-0.2, 0) is 23.9 Å². The van der Waals surface area contributed by atoms with E-state index in [0.717, 1.165) is 22.9 Å². The largest absolute Gasteiger partial charge is 0.435 e. The average molecular weight is 630 g/mol. The Kier molecular flexibility index (Phi) is 7.42. The van der Waals surface area contributed by atoms with Gasteiger partial charge in [0.1, 0.15) is 24.0 Å². The minimum atomic E-state index is -4.81. The van der Waals surface area contributed by atoms with Crippen molar-refractivity contribution in [1.82, 2.24) is 20.1 Å². The summed E-state index contributed by atoms with van der Waals surface area (Å²) in [5.41, 5.74) is 4.43. The minimum Gasteiger partial charge on any atom is -0.386 e. The summed E-state index contributed by atoms with van der Waals surface area (Å²) >= 11 is 0. The quantitative estimate of drug-likeness (QED) is 0.238. The maximum atomic E-state index is 14.2. The van der Waals surface area contributed by atoms with Crippen LogP contribution in [0.1, 0.15) is 63.6 Å². The normalized spacial score (nSPS) is 20.8. The third-order valence-electron chi connectivity index (χ3n) is 8.43. The smallest absolute Gasteiger partial charge is 0.386 e. The minimum absolute atomic E-state index is 0.0712. The Labute approximate surface area is 251 Å². The van der Waals surface area contributed by atoms with Crippen molar-refractivity contribution in [2.24, 2.45) is 17.6 Å². The lowest BCUT2D eigenvalue weighted by molar-refractivity contribution is -0.142. The summed E-state index contributed by atoms with van der Waals surface area (Å²) in [5.74, 6) is -5.57. The molecule has 0 bridgehead atoms. The van der Waals surface area contributed by atoms with Crippen molar-refractivity contribution in [1.29, 1.82) is 0 Å². The molecule has 1 unspecified atom stereocenters. The molecule has 6 rings (SSSR count). The first kappa shape index (κ1) is 30.3. The van der Waals surface area contributed by atoms with Gasteiger partial charge in [0.25, 0.3) is 5.91 Å². The highest BCUT2D eigenvalue weighted by Crippen LogP contribution is 2.67. The molecular weight excluding hydrogens is 604 g/mol. The standard InChI is InChI=1S/C31H25F6N5O3/c1-13-23-24(13)28(44)27-25(23)29(31(35,36)37)41-42(27)12-22(43)40-21(9-14-7-16(32)11-17(33)8-14)26-18(3-2-6-39-26)15-4-5-20(34)19(10-15)30(38)45/h2-8,10-11,13,21,23-24,28,44H,9,12H2,1H3,(H2,38,45)(H,40,43)/t13-,21-,23?,24-,28+/m0/s1. The lowest BCUT2D eigenvalue weighted by Crippen LogP contribution is -2.34. The predicted molar refractivity (Wildman–Crippen MR) is 147 cm³/mol. The van der Waals surface area contributed by atoms with E-state index in [9.17, 15) is 41.0 Å². The highest BCUT2D eigenvalue weighted by Gasteiger charge is 2.63. The van der Waals surface area contributed by atoms with Gasteiger partial charge in [0.2, 0.25) is 5.91 Å². The molecule has 2 heterocycles. The van der Waals surface area contributed by atoms with Gasteiger partial charge in [-0.1, -0.05) is 19.1 Å². The number of nitrogens with zero attached hydrogens (tertiary/aromatic N) is 3. The summed E-state index contributed by atoms with van der Waals surface area (Å²) in [6.07, 6.45) is -4.89. The van der Waals surface area contributed by atoms with Gasteiger partial charge >= 0.3 is 6.18 Å². The van der Waals surface area contributed by atoms with Crippen molar-refractivity contribution in [2.45, 2.75) is 44.1 Å². The van der Waals surface area contributed by atoms with Crippen LogP contribution in [0.3, 0.4) is 0 Å². The van der Waals surface area contributed by atoms with Gasteiger partial charge < -0.3 is 16.2 Å². The lowest BCUT2D eigenvalue weighted by Gasteiger charge is -2.22. The molecule has 2 aromatic carbocycles. The molecule has 2 aromatic heterocycles. The number of alkyl halides is 3. The number of primary amides is 1. The summed E-state index contributed by atoms with van der Waals surface area (Å²) in [4.78, 5) is 29.6. The highest BCUT2D eigenvalue weighted by molar-refractivity contribution is 5.94. The Morgan fingerprint density at radius 1 is 1.09 bits per heavy atom. The van der Waals surface area contributed by atoms with Crippen LogP contribution in [0.2, 0.25) is 0 Å². The Bertz CT molecular complexity index is 1820. The van der Waals surface area contributed by atoms with Crippen molar-refractivity contribution in [3.8, 4) is 11.1 Å². The van der Waals surface area contributed by atoms with Gasteiger partial charge in [-0.25, -0.2) is 13.2 Å². The van der Waals surface area contributed by atoms with Crippen molar-refractivity contribution in [3.05, 3.63) is 106 Å². The topological polar surface area (TPSA) is 123 Å². The fourth-order valence-electron chi connectivity index (χ4n) is 6.45. The molecule has 0 spiro atoms. The third-order valence-corrected chi connectivity index (χ3v) is 8.43. The second-order valence-electron chi connectivity index (χ2n) is 11.3. The molecule has 45 heavy (non-hydrogen) atoms. The number of benzene rings is 2. The van der Waals surface area contributed by atoms with Crippen molar-refractivity contribution >= 4 is 11.8 Å². The molecule has 1 saturated carbocycles. The van der Waals surface area contributed by atoms with Gasteiger partial charge in [0.05, 0.1) is 29.1 Å². The number of nitrogens with one attached hydrogen (secondary N) is 1. The zero-order valence-corrected chi connectivity index (χ0v) is 23.4. The van der Waals surface area contributed by atoms with Crippen LogP contribution in [0, 0.1) is 29.3 Å². The van der Waals surface area contributed by atoms with Crippen LogP contribution in [0.25, 0.3) is 11.1 Å². The summed E-state index contributed by atoms with van der Waals surface area (Å²) in [6, 6.07) is 8.30. The highest BCUT2D eigenvalue weighted by atomic mass is 19.4. The number of aliphatic hydroxyl groups is 1. The molecule has 4 N–H and O–H groups in total. The number of amides is 2. The van der Waals surface area contributed by atoms with E-state index in [2.05, 4.69) is 15.4 Å². The first-order valence-corrected chi connectivity index (χ1v) is 13.9. The molecule has 2 aliphatic carbocycles. The van der Waals surface area contributed by atoms with E-state index in [-0.39, 0.29) is 40.4 Å². The van der Waals surface area contributed by atoms with E-state index in [0.29, 0.717) is 11.6 Å². The maximum Gasteiger partial charge on any atom is 0.435 e. The third kappa shape index (κ3) is 5.54. The van der Waals surface area contributed by atoms with Gasteiger partial charge in [-0.05, 0) is 59.7 Å². The zero-order chi connectivity index (χ0) is 32.4. The number of halogens is 6. The van der Waals surface area contributed by atoms with E-state index in [1.165, 1.54) is 24.4 Å². The molecule has 0 saturated heterocycles. The molecule has 1 fully saturated rings.